The molecule has 0 saturated heterocycles. The highest BCUT2D eigenvalue weighted by Gasteiger charge is 2.24. The molecule has 1 aromatic heterocycles. The summed E-state index contributed by atoms with van der Waals surface area (Å²) in [5, 5.41) is 9.26. The van der Waals surface area contributed by atoms with Crippen molar-refractivity contribution >= 4 is 27.3 Å². The van der Waals surface area contributed by atoms with Gasteiger partial charge in [-0.1, -0.05) is 30.3 Å². The van der Waals surface area contributed by atoms with Crippen LogP contribution in [0, 0.1) is 6.92 Å². The zero-order valence-electron chi connectivity index (χ0n) is 12.6. The standard InChI is InChI=1S/C15H18N2O4S2/c1-11-14(22-10-16-11)7-8-23(20,21)17-13(15(18)19)9-12-5-3-2-4-6-12/h2-6,10,13,17H,7-9H2,1H3,(H,18,19)/t13-/m0/s1. The number of carboxylic acid groups (broad SMARTS) is 1. The molecule has 0 aliphatic carbocycles. The number of benzene rings is 1. The zero-order valence-corrected chi connectivity index (χ0v) is 14.2. The van der Waals surface area contributed by atoms with Crippen molar-refractivity contribution in [2.45, 2.75) is 25.8 Å². The summed E-state index contributed by atoms with van der Waals surface area (Å²) in [4.78, 5) is 16.3. The number of aryl methyl sites for hydroxylation is 2. The second kappa shape index (κ2) is 7.67. The van der Waals surface area contributed by atoms with Crippen LogP contribution in [0.4, 0.5) is 0 Å². The number of sulfonamides is 1. The van der Waals surface area contributed by atoms with Crippen LogP contribution in [0.2, 0.25) is 0 Å². The van der Waals surface area contributed by atoms with Gasteiger partial charge in [0.25, 0.3) is 0 Å². The topological polar surface area (TPSA) is 96.4 Å². The van der Waals surface area contributed by atoms with Crippen molar-refractivity contribution in [2.24, 2.45) is 0 Å². The Morgan fingerprint density at radius 2 is 2.04 bits per heavy atom. The van der Waals surface area contributed by atoms with Crippen molar-refractivity contribution in [3.05, 3.63) is 52.0 Å². The molecule has 0 radical (unpaired) electrons. The highest BCUT2D eigenvalue weighted by molar-refractivity contribution is 7.89. The van der Waals surface area contributed by atoms with Crippen LogP contribution in [0.5, 0.6) is 0 Å². The lowest BCUT2D eigenvalue weighted by atomic mass is 10.1. The largest absolute Gasteiger partial charge is 0.480 e. The van der Waals surface area contributed by atoms with E-state index in [9.17, 15) is 18.3 Å². The number of carboxylic acids is 1. The molecular formula is C15H18N2O4S2. The first-order valence-electron chi connectivity index (χ1n) is 7.03. The Morgan fingerprint density at radius 3 is 2.61 bits per heavy atom. The van der Waals surface area contributed by atoms with E-state index in [0.717, 1.165) is 16.1 Å². The third-order valence-corrected chi connectivity index (χ3v) is 5.73. The van der Waals surface area contributed by atoms with Crippen LogP contribution >= 0.6 is 11.3 Å². The van der Waals surface area contributed by atoms with Crippen molar-refractivity contribution in [3.63, 3.8) is 0 Å². The number of aromatic nitrogens is 1. The molecule has 124 valence electrons. The predicted octanol–water partition coefficient (Wildman–Crippen LogP) is 1.61. The molecule has 0 aliphatic rings. The van der Waals surface area contributed by atoms with E-state index in [2.05, 4.69) is 9.71 Å². The molecule has 0 bridgehead atoms. The number of rotatable bonds is 8. The van der Waals surface area contributed by atoms with Gasteiger partial charge in [-0.2, -0.15) is 0 Å². The predicted molar refractivity (Wildman–Crippen MR) is 89.0 cm³/mol. The number of carbonyl (C=O) groups is 1. The Labute approximate surface area is 139 Å². The molecule has 23 heavy (non-hydrogen) atoms. The van der Waals surface area contributed by atoms with Crippen LogP contribution in [0.15, 0.2) is 35.8 Å². The van der Waals surface area contributed by atoms with E-state index in [4.69, 9.17) is 0 Å². The van der Waals surface area contributed by atoms with Gasteiger partial charge in [0.2, 0.25) is 10.0 Å². The zero-order chi connectivity index (χ0) is 16.9. The third kappa shape index (κ3) is 5.42. The summed E-state index contributed by atoms with van der Waals surface area (Å²) >= 11 is 1.40. The number of hydrogen-bond acceptors (Lipinski definition) is 5. The molecule has 1 heterocycles. The number of thiazole rings is 1. The molecule has 8 heteroatoms. The number of nitrogens with one attached hydrogen (secondary N) is 1. The van der Waals surface area contributed by atoms with Gasteiger partial charge in [-0.05, 0) is 25.3 Å². The van der Waals surface area contributed by atoms with E-state index in [1.54, 1.807) is 29.8 Å². The Hall–Kier alpha value is -1.77. The molecule has 1 atom stereocenters. The summed E-state index contributed by atoms with van der Waals surface area (Å²) in [6.45, 7) is 1.82. The van der Waals surface area contributed by atoms with Crippen LogP contribution in [-0.2, 0) is 27.7 Å². The molecule has 2 N–H and O–H groups in total. The smallest absolute Gasteiger partial charge is 0.322 e. The SMILES string of the molecule is Cc1ncsc1CCS(=O)(=O)N[C@@H](Cc1ccccc1)C(=O)O. The van der Waals surface area contributed by atoms with Crippen LogP contribution in [-0.4, -0.2) is 36.3 Å². The lowest BCUT2D eigenvalue weighted by Crippen LogP contribution is -2.43. The third-order valence-electron chi connectivity index (χ3n) is 3.35. The lowest BCUT2D eigenvalue weighted by Gasteiger charge is -2.14. The minimum absolute atomic E-state index is 0.106. The second-order valence-corrected chi connectivity index (χ2v) is 7.94. The van der Waals surface area contributed by atoms with Gasteiger partial charge in [0.05, 0.1) is 17.0 Å². The Bertz CT molecular complexity index is 757. The van der Waals surface area contributed by atoms with Gasteiger partial charge in [0.1, 0.15) is 6.04 Å². The number of aliphatic carboxylic acids is 1. The van der Waals surface area contributed by atoms with E-state index >= 15 is 0 Å². The van der Waals surface area contributed by atoms with E-state index in [1.165, 1.54) is 11.3 Å². The van der Waals surface area contributed by atoms with Crippen LogP contribution < -0.4 is 4.72 Å². The summed E-state index contributed by atoms with van der Waals surface area (Å²) in [5.74, 6) is -1.35. The van der Waals surface area contributed by atoms with Gasteiger partial charge in [0, 0.05) is 4.88 Å². The Kier molecular flexibility index (Phi) is 5.86. The van der Waals surface area contributed by atoms with E-state index in [1.807, 2.05) is 13.0 Å². The quantitative estimate of drug-likeness (QED) is 0.751. The van der Waals surface area contributed by atoms with Crippen molar-refractivity contribution in [2.75, 3.05) is 5.75 Å². The van der Waals surface area contributed by atoms with Gasteiger partial charge in [-0.3, -0.25) is 4.79 Å². The van der Waals surface area contributed by atoms with Gasteiger partial charge >= 0.3 is 5.97 Å². The van der Waals surface area contributed by atoms with E-state index < -0.39 is 22.0 Å². The van der Waals surface area contributed by atoms with Crippen LogP contribution in [0.25, 0.3) is 0 Å². The molecular weight excluding hydrogens is 336 g/mol. The summed E-state index contributed by atoms with van der Waals surface area (Å²) in [7, 11) is -3.69. The second-order valence-electron chi connectivity index (χ2n) is 5.13. The molecule has 0 unspecified atom stereocenters. The molecule has 0 fully saturated rings. The summed E-state index contributed by atoms with van der Waals surface area (Å²) in [5.41, 5.74) is 3.24. The van der Waals surface area contributed by atoms with Crippen molar-refractivity contribution in [3.8, 4) is 0 Å². The van der Waals surface area contributed by atoms with Gasteiger partial charge in [-0.25, -0.2) is 18.1 Å². The fourth-order valence-corrected chi connectivity index (χ4v) is 4.22. The Balaban J connectivity index is 2.00. The van der Waals surface area contributed by atoms with Gasteiger partial charge < -0.3 is 5.11 Å². The lowest BCUT2D eigenvalue weighted by molar-refractivity contribution is -0.138. The molecule has 2 aromatic rings. The minimum atomic E-state index is -3.69. The summed E-state index contributed by atoms with van der Waals surface area (Å²) < 4.78 is 26.6. The average Bonchev–Trinajstić information content (AvgIpc) is 2.91. The van der Waals surface area contributed by atoms with Gasteiger partial charge in [0.15, 0.2) is 0 Å². The van der Waals surface area contributed by atoms with Crippen molar-refractivity contribution < 1.29 is 18.3 Å². The average molecular weight is 354 g/mol. The molecule has 0 amide bonds. The maximum absolute atomic E-state index is 12.2. The van der Waals surface area contributed by atoms with E-state index in [0.29, 0.717) is 6.42 Å². The fourth-order valence-electron chi connectivity index (χ4n) is 2.10. The first kappa shape index (κ1) is 17.6. The van der Waals surface area contributed by atoms with Crippen LogP contribution in [0.1, 0.15) is 16.1 Å². The van der Waals surface area contributed by atoms with Crippen molar-refractivity contribution in [1.82, 2.24) is 9.71 Å². The summed E-state index contributed by atoms with van der Waals surface area (Å²) in [6, 6.07) is 7.76. The minimum Gasteiger partial charge on any atom is -0.480 e. The molecule has 1 aromatic carbocycles. The highest BCUT2D eigenvalue weighted by Crippen LogP contribution is 2.13. The number of nitrogens with zero attached hydrogens (tertiary/aromatic N) is 1. The fraction of sp³-hybridized carbons (Fsp3) is 0.333. The van der Waals surface area contributed by atoms with E-state index in [-0.39, 0.29) is 12.2 Å². The molecule has 0 spiro atoms. The molecule has 2 rings (SSSR count). The molecule has 0 saturated carbocycles. The number of hydrogen-bond donors (Lipinski definition) is 2. The highest BCUT2D eigenvalue weighted by atomic mass is 32.2. The summed E-state index contributed by atoms with van der Waals surface area (Å²) in [6.07, 6.45) is 0.429. The van der Waals surface area contributed by atoms with Gasteiger partial charge in [-0.15, -0.1) is 11.3 Å². The molecule has 6 nitrogen and oxygen atoms in total. The maximum atomic E-state index is 12.2. The first-order valence-corrected chi connectivity index (χ1v) is 9.56. The normalized spacial score (nSPS) is 12.9. The van der Waals surface area contributed by atoms with Crippen LogP contribution in [0.3, 0.4) is 0 Å². The Morgan fingerprint density at radius 1 is 1.35 bits per heavy atom. The monoisotopic (exact) mass is 354 g/mol. The van der Waals surface area contributed by atoms with Crippen molar-refractivity contribution in [1.29, 1.82) is 0 Å². The first-order chi connectivity index (χ1) is 10.9. The molecule has 0 aliphatic heterocycles. The maximum Gasteiger partial charge on any atom is 0.322 e.